The number of carboxylic acids is 1. The number of rotatable bonds is 2. The van der Waals surface area contributed by atoms with Crippen molar-refractivity contribution in [3.63, 3.8) is 0 Å². The van der Waals surface area contributed by atoms with Crippen LogP contribution in [0.15, 0.2) is 30.7 Å². The molecule has 0 bridgehead atoms. The summed E-state index contributed by atoms with van der Waals surface area (Å²) in [5, 5.41) is 17.9. The van der Waals surface area contributed by atoms with Crippen molar-refractivity contribution >= 4 is 5.97 Å². The van der Waals surface area contributed by atoms with E-state index in [2.05, 4.69) is 15.0 Å². The molecule has 6 nitrogen and oxygen atoms in total. The highest BCUT2D eigenvalue weighted by Gasteiger charge is 2.07. The lowest BCUT2D eigenvalue weighted by molar-refractivity contribution is 0.0696. The van der Waals surface area contributed by atoms with Crippen molar-refractivity contribution in [2.75, 3.05) is 0 Å². The Morgan fingerprint density at radius 3 is 2.44 bits per heavy atom. The number of aromatic hydroxyl groups is 1. The summed E-state index contributed by atoms with van der Waals surface area (Å²) in [4.78, 5) is 22.2. The highest BCUT2D eigenvalue weighted by atomic mass is 16.4. The maximum Gasteiger partial charge on any atom is 0.338 e. The smallest absolute Gasteiger partial charge is 0.338 e. The molecule has 0 atom stereocenters. The normalized spacial score (nSPS) is 10.0. The number of carboxylic acid groups (broad SMARTS) is 1. The summed E-state index contributed by atoms with van der Waals surface area (Å²) < 4.78 is 0. The fourth-order valence-electron chi connectivity index (χ4n) is 1.11. The standard InChI is InChI=1S/C10H7N3O3/c14-7-1-2-11-8(3-7)9-12-4-6(5-13-9)10(15)16/h1-5H,(H,11,14)(H,15,16). The van der Waals surface area contributed by atoms with Crippen molar-refractivity contribution in [3.05, 3.63) is 36.3 Å². The van der Waals surface area contributed by atoms with E-state index in [0.717, 1.165) is 0 Å². The predicted molar refractivity (Wildman–Crippen MR) is 53.9 cm³/mol. The first-order valence-electron chi connectivity index (χ1n) is 4.37. The van der Waals surface area contributed by atoms with Gasteiger partial charge >= 0.3 is 5.97 Å². The third-order valence-corrected chi connectivity index (χ3v) is 1.87. The molecule has 0 aliphatic carbocycles. The van der Waals surface area contributed by atoms with Crippen LogP contribution >= 0.6 is 0 Å². The molecule has 0 fully saturated rings. The van der Waals surface area contributed by atoms with E-state index in [1.165, 1.54) is 30.7 Å². The van der Waals surface area contributed by atoms with Crippen LogP contribution in [0.1, 0.15) is 10.4 Å². The van der Waals surface area contributed by atoms with Gasteiger partial charge in [-0.3, -0.25) is 4.98 Å². The minimum Gasteiger partial charge on any atom is -0.508 e. The van der Waals surface area contributed by atoms with Crippen LogP contribution in [0, 0.1) is 0 Å². The van der Waals surface area contributed by atoms with Gasteiger partial charge in [0.05, 0.1) is 5.56 Å². The van der Waals surface area contributed by atoms with Crippen LogP contribution in [-0.4, -0.2) is 31.1 Å². The molecule has 0 radical (unpaired) electrons. The number of hydrogen-bond donors (Lipinski definition) is 2. The summed E-state index contributed by atoms with van der Waals surface area (Å²) in [6.07, 6.45) is 3.80. The van der Waals surface area contributed by atoms with E-state index >= 15 is 0 Å². The van der Waals surface area contributed by atoms with Gasteiger partial charge in [-0.2, -0.15) is 0 Å². The monoisotopic (exact) mass is 217 g/mol. The Labute approximate surface area is 90.3 Å². The molecule has 0 aliphatic heterocycles. The van der Waals surface area contributed by atoms with Crippen LogP contribution in [-0.2, 0) is 0 Å². The van der Waals surface area contributed by atoms with Gasteiger partial charge in [-0.15, -0.1) is 0 Å². The molecule has 2 aromatic heterocycles. The Kier molecular flexibility index (Phi) is 2.47. The maximum absolute atomic E-state index is 10.6. The number of carbonyl (C=O) groups is 1. The summed E-state index contributed by atoms with van der Waals surface area (Å²) in [7, 11) is 0. The molecule has 0 saturated carbocycles. The average molecular weight is 217 g/mol. The van der Waals surface area contributed by atoms with Gasteiger partial charge < -0.3 is 10.2 Å². The SMILES string of the molecule is O=C(O)c1cnc(-c2cc(O)ccn2)nc1. The first-order chi connectivity index (χ1) is 7.66. The van der Waals surface area contributed by atoms with Crippen molar-refractivity contribution in [2.24, 2.45) is 0 Å². The molecule has 6 heteroatoms. The van der Waals surface area contributed by atoms with Gasteiger partial charge in [0.2, 0.25) is 0 Å². The fourth-order valence-corrected chi connectivity index (χ4v) is 1.11. The van der Waals surface area contributed by atoms with Crippen molar-refractivity contribution in [1.29, 1.82) is 0 Å². The Morgan fingerprint density at radius 1 is 1.19 bits per heavy atom. The van der Waals surface area contributed by atoms with Crippen molar-refractivity contribution in [3.8, 4) is 17.3 Å². The lowest BCUT2D eigenvalue weighted by Gasteiger charge is -1.99. The summed E-state index contributed by atoms with van der Waals surface area (Å²) in [5.41, 5.74) is 0.390. The fraction of sp³-hybridized carbons (Fsp3) is 0. The topological polar surface area (TPSA) is 96.2 Å². The van der Waals surface area contributed by atoms with Gasteiger partial charge in [0.15, 0.2) is 5.82 Å². The quantitative estimate of drug-likeness (QED) is 0.777. The minimum absolute atomic E-state index is 0.00361. The first kappa shape index (κ1) is 10.0. The van der Waals surface area contributed by atoms with Gasteiger partial charge in [-0.25, -0.2) is 14.8 Å². The second-order valence-electron chi connectivity index (χ2n) is 3.00. The predicted octanol–water partition coefficient (Wildman–Crippen LogP) is 0.942. The molecule has 2 aromatic rings. The molecule has 0 aliphatic rings. The Hall–Kier alpha value is -2.50. The van der Waals surface area contributed by atoms with E-state index in [4.69, 9.17) is 5.11 Å². The molecule has 2 rings (SSSR count). The largest absolute Gasteiger partial charge is 0.508 e. The maximum atomic E-state index is 10.6. The highest BCUT2D eigenvalue weighted by molar-refractivity contribution is 5.86. The van der Waals surface area contributed by atoms with Crippen LogP contribution in [0.2, 0.25) is 0 Å². The molecule has 0 spiro atoms. The zero-order chi connectivity index (χ0) is 11.5. The molecule has 16 heavy (non-hydrogen) atoms. The molecular formula is C10H7N3O3. The highest BCUT2D eigenvalue weighted by Crippen LogP contribution is 2.16. The summed E-state index contributed by atoms with van der Waals surface area (Å²) >= 11 is 0. The second kappa shape index (κ2) is 3.93. The molecule has 2 N–H and O–H groups in total. The molecule has 0 unspecified atom stereocenters. The van der Waals surface area contributed by atoms with Gasteiger partial charge in [0.1, 0.15) is 11.4 Å². The summed E-state index contributed by atoms with van der Waals surface area (Å²) in [5.74, 6) is -0.771. The Morgan fingerprint density at radius 2 is 1.88 bits per heavy atom. The molecule has 0 amide bonds. The van der Waals surface area contributed by atoms with E-state index < -0.39 is 5.97 Å². The minimum atomic E-state index is -1.09. The average Bonchev–Trinajstić information content (AvgIpc) is 2.29. The lowest BCUT2D eigenvalue weighted by Crippen LogP contribution is -2.00. The van der Waals surface area contributed by atoms with Crippen molar-refractivity contribution < 1.29 is 15.0 Å². The molecule has 2 heterocycles. The third kappa shape index (κ3) is 1.95. The van der Waals surface area contributed by atoms with Crippen LogP contribution in [0.25, 0.3) is 11.5 Å². The summed E-state index contributed by atoms with van der Waals surface area (Å²) in [6, 6.07) is 2.82. The Balaban J connectivity index is 2.38. The molecular weight excluding hydrogens is 210 g/mol. The second-order valence-corrected chi connectivity index (χ2v) is 3.00. The van der Waals surface area contributed by atoms with E-state index in [1.807, 2.05) is 0 Å². The number of nitrogens with zero attached hydrogens (tertiary/aromatic N) is 3. The van der Waals surface area contributed by atoms with Gasteiger partial charge in [-0.05, 0) is 6.07 Å². The number of aromatic carboxylic acids is 1. The van der Waals surface area contributed by atoms with Crippen LogP contribution < -0.4 is 0 Å². The Bertz CT molecular complexity index is 525. The van der Waals surface area contributed by atoms with Crippen LogP contribution in [0.5, 0.6) is 5.75 Å². The van der Waals surface area contributed by atoms with E-state index in [1.54, 1.807) is 0 Å². The van der Waals surface area contributed by atoms with Crippen LogP contribution in [0.4, 0.5) is 0 Å². The van der Waals surface area contributed by atoms with Gasteiger partial charge in [0, 0.05) is 24.7 Å². The summed E-state index contributed by atoms with van der Waals surface area (Å²) in [6.45, 7) is 0. The first-order valence-corrected chi connectivity index (χ1v) is 4.37. The van der Waals surface area contributed by atoms with Crippen molar-refractivity contribution in [1.82, 2.24) is 15.0 Å². The van der Waals surface area contributed by atoms with E-state index in [-0.39, 0.29) is 17.1 Å². The third-order valence-electron chi connectivity index (χ3n) is 1.87. The molecule has 80 valence electrons. The van der Waals surface area contributed by atoms with Crippen LogP contribution in [0.3, 0.4) is 0 Å². The zero-order valence-electron chi connectivity index (χ0n) is 8.03. The number of hydrogen-bond acceptors (Lipinski definition) is 5. The molecule has 0 aromatic carbocycles. The zero-order valence-corrected chi connectivity index (χ0v) is 8.03. The van der Waals surface area contributed by atoms with Gasteiger partial charge in [0.25, 0.3) is 0 Å². The van der Waals surface area contributed by atoms with Crippen molar-refractivity contribution in [2.45, 2.75) is 0 Å². The number of pyridine rings is 1. The lowest BCUT2D eigenvalue weighted by atomic mass is 10.3. The van der Waals surface area contributed by atoms with E-state index in [0.29, 0.717) is 5.69 Å². The molecule has 0 saturated heterocycles. The van der Waals surface area contributed by atoms with E-state index in [9.17, 15) is 9.90 Å². The van der Waals surface area contributed by atoms with Gasteiger partial charge in [-0.1, -0.05) is 0 Å². The number of aromatic nitrogens is 3.